The molecule has 1 aliphatic rings. The molecule has 1 aromatic carbocycles. The zero-order chi connectivity index (χ0) is 20.6. The number of nitrogens with one attached hydrogen (secondary N) is 1. The van der Waals surface area contributed by atoms with Crippen molar-refractivity contribution in [2.45, 2.75) is 68.8 Å². The van der Waals surface area contributed by atoms with Crippen molar-refractivity contribution < 1.29 is 14.7 Å². The van der Waals surface area contributed by atoms with Crippen LogP contribution >= 0.6 is 11.8 Å². The molecule has 0 amide bonds. The molecule has 0 aliphatic carbocycles. The van der Waals surface area contributed by atoms with Crippen LogP contribution in [-0.4, -0.2) is 44.7 Å². The smallest absolute Gasteiger partial charge is 0.323 e. The summed E-state index contributed by atoms with van der Waals surface area (Å²) in [5, 5.41) is 13.3. The van der Waals surface area contributed by atoms with Crippen LogP contribution < -0.4 is 5.32 Å². The number of piperidine rings is 1. The van der Waals surface area contributed by atoms with Gasteiger partial charge in [-0.05, 0) is 50.4 Å². The number of ketones is 1. The second-order valence-electron chi connectivity index (χ2n) is 7.78. The van der Waals surface area contributed by atoms with Gasteiger partial charge in [0.05, 0.1) is 16.3 Å². The number of benzene rings is 1. The Labute approximate surface area is 176 Å². The van der Waals surface area contributed by atoms with Crippen molar-refractivity contribution in [2.75, 3.05) is 13.1 Å². The van der Waals surface area contributed by atoms with E-state index in [4.69, 9.17) is 0 Å². The molecule has 1 aliphatic heterocycles. The third-order valence-electron chi connectivity index (χ3n) is 5.50. The summed E-state index contributed by atoms with van der Waals surface area (Å²) < 4.78 is 1.73. The Morgan fingerprint density at radius 3 is 2.86 bits per heavy atom. The van der Waals surface area contributed by atoms with E-state index in [1.165, 1.54) is 11.8 Å². The molecule has 1 aromatic heterocycles. The highest BCUT2D eigenvalue weighted by Crippen LogP contribution is 2.34. The number of nitrogens with zero attached hydrogens (tertiary/aromatic N) is 2. The Morgan fingerprint density at radius 1 is 1.31 bits per heavy atom. The summed E-state index contributed by atoms with van der Waals surface area (Å²) in [6.07, 6.45) is 6.99. The van der Waals surface area contributed by atoms with Crippen molar-refractivity contribution in [1.82, 2.24) is 14.9 Å². The van der Waals surface area contributed by atoms with Crippen molar-refractivity contribution >= 4 is 34.5 Å². The first kappa shape index (κ1) is 21.8. The van der Waals surface area contributed by atoms with Gasteiger partial charge in [0.2, 0.25) is 0 Å². The number of aliphatic carboxylic acids is 1. The molecule has 2 aromatic rings. The van der Waals surface area contributed by atoms with Crippen LogP contribution in [0.3, 0.4) is 0 Å². The predicted octanol–water partition coefficient (Wildman–Crippen LogP) is 4.12. The van der Waals surface area contributed by atoms with Crippen LogP contribution in [0.25, 0.3) is 11.0 Å². The number of fused-ring (bicyclic) bond motifs is 1. The van der Waals surface area contributed by atoms with Crippen LogP contribution in [0.5, 0.6) is 0 Å². The molecule has 7 heteroatoms. The number of carboxylic acids is 1. The third kappa shape index (κ3) is 5.82. The molecular formula is C22H31N3O3S. The highest BCUT2D eigenvalue weighted by Gasteiger charge is 2.32. The van der Waals surface area contributed by atoms with Crippen LogP contribution in [0.1, 0.15) is 51.9 Å². The third-order valence-corrected chi connectivity index (χ3v) is 6.93. The lowest BCUT2D eigenvalue weighted by Crippen LogP contribution is -2.39. The normalized spacial score (nSPS) is 18.0. The van der Waals surface area contributed by atoms with Gasteiger partial charge in [-0.25, -0.2) is 4.98 Å². The summed E-state index contributed by atoms with van der Waals surface area (Å²) in [6, 6.07) is 7.56. The average Bonchev–Trinajstić information content (AvgIpc) is 3.06. The largest absolute Gasteiger partial charge is 0.480 e. The molecule has 2 heterocycles. The topological polar surface area (TPSA) is 84.2 Å². The number of carbonyl (C=O) groups is 2. The fraction of sp³-hybridized carbons (Fsp3) is 0.591. The van der Waals surface area contributed by atoms with E-state index in [1.807, 2.05) is 24.3 Å². The maximum atomic E-state index is 13.2. The molecule has 1 saturated heterocycles. The van der Waals surface area contributed by atoms with E-state index in [0.717, 1.165) is 62.6 Å². The Balaban J connectivity index is 1.84. The van der Waals surface area contributed by atoms with E-state index >= 15 is 0 Å². The lowest BCUT2D eigenvalue weighted by molar-refractivity contribution is -0.137. The molecule has 2 atom stereocenters. The SMILES string of the molecule is CCCCCCC(=O)C(Sc1nc2ccccc2n1CC(=O)O)C1CCCNC1. The summed E-state index contributed by atoms with van der Waals surface area (Å²) >= 11 is 1.46. The minimum atomic E-state index is -0.906. The zero-order valence-corrected chi connectivity index (χ0v) is 17.9. The molecular weight excluding hydrogens is 386 g/mol. The fourth-order valence-corrected chi connectivity index (χ4v) is 5.32. The second-order valence-corrected chi connectivity index (χ2v) is 8.89. The molecule has 6 nitrogen and oxygen atoms in total. The lowest BCUT2D eigenvalue weighted by atomic mass is 9.92. The lowest BCUT2D eigenvalue weighted by Gasteiger charge is -2.29. The van der Waals surface area contributed by atoms with Gasteiger partial charge in [0.15, 0.2) is 5.16 Å². The van der Waals surface area contributed by atoms with E-state index in [0.29, 0.717) is 11.6 Å². The summed E-state index contributed by atoms with van der Waals surface area (Å²) in [7, 11) is 0. The quantitative estimate of drug-likeness (QED) is 0.423. The van der Waals surface area contributed by atoms with Gasteiger partial charge in [-0.2, -0.15) is 0 Å². The van der Waals surface area contributed by atoms with Gasteiger partial charge in [0, 0.05) is 6.42 Å². The minimum absolute atomic E-state index is 0.150. The zero-order valence-electron chi connectivity index (χ0n) is 17.1. The number of carboxylic acid groups (broad SMARTS) is 1. The number of rotatable bonds is 11. The fourth-order valence-electron chi connectivity index (χ4n) is 3.98. The number of thioether (sulfide) groups is 1. The van der Waals surface area contributed by atoms with Gasteiger partial charge in [0.1, 0.15) is 12.3 Å². The highest BCUT2D eigenvalue weighted by molar-refractivity contribution is 8.00. The monoisotopic (exact) mass is 417 g/mol. The van der Waals surface area contributed by atoms with E-state index < -0.39 is 5.97 Å². The van der Waals surface area contributed by atoms with Gasteiger partial charge in [-0.15, -0.1) is 0 Å². The standard InChI is InChI=1S/C22H31N3O3S/c1-2-3-4-5-12-19(26)21(16-9-8-13-23-14-16)29-22-24-17-10-6-7-11-18(17)25(22)15-20(27)28/h6-7,10-11,16,21,23H,2-5,8-9,12-15H2,1H3,(H,27,28). The molecule has 0 bridgehead atoms. The van der Waals surface area contributed by atoms with Gasteiger partial charge >= 0.3 is 5.97 Å². The second kappa shape index (κ2) is 10.8. The number of aromatic nitrogens is 2. The number of carbonyl (C=O) groups excluding carboxylic acids is 1. The number of unbranched alkanes of at least 4 members (excludes halogenated alkanes) is 3. The van der Waals surface area contributed by atoms with Crippen molar-refractivity contribution in [3.8, 4) is 0 Å². The Kier molecular flexibility index (Phi) is 8.12. The summed E-state index contributed by atoms with van der Waals surface area (Å²) in [4.78, 5) is 29.3. The van der Waals surface area contributed by atoms with Crippen molar-refractivity contribution in [3.05, 3.63) is 24.3 Å². The molecule has 2 N–H and O–H groups in total. The highest BCUT2D eigenvalue weighted by atomic mass is 32.2. The molecule has 29 heavy (non-hydrogen) atoms. The van der Waals surface area contributed by atoms with E-state index in [-0.39, 0.29) is 23.5 Å². The molecule has 0 spiro atoms. The number of para-hydroxylation sites is 2. The maximum Gasteiger partial charge on any atom is 0.323 e. The first-order valence-electron chi connectivity index (χ1n) is 10.7. The first-order chi connectivity index (χ1) is 14.1. The summed E-state index contributed by atoms with van der Waals surface area (Å²) in [6.45, 7) is 3.85. The van der Waals surface area contributed by atoms with Crippen LogP contribution in [0.15, 0.2) is 29.4 Å². The Morgan fingerprint density at radius 2 is 2.14 bits per heavy atom. The van der Waals surface area contributed by atoms with Crippen LogP contribution in [0.2, 0.25) is 0 Å². The summed E-state index contributed by atoms with van der Waals surface area (Å²) in [5.74, 6) is -0.379. The van der Waals surface area contributed by atoms with Gasteiger partial charge in [-0.1, -0.05) is 50.1 Å². The average molecular weight is 418 g/mol. The van der Waals surface area contributed by atoms with Crippen LogP contribution in [0, 0.1) is 5.92 Å². The predicted molar refractivity (Wildman–Crippen MR) is 116 cm³/mol. The Bertz CT molecular complexity index is 830. The minimum Gasteiger partial charge on any atom is -0.480 e. The molecule has 2 unspecified atom stereocenters. The van der Waals surface area contributed by atoms with E-state index in [2.05, 4.69) is 17.2 Å². The molecule has 1 fully saturated rings. The molecule has 3 rings (SSSR count). The molecule has 0 radical (unpaired) electrons. The van der Waals surface area contributed by atoms with Crippen LogP contribution in [0.4, 0.5) is 0 Å². The molecule has 0 saturated carbocycles. The van der Waals surface area contributed by atoms with Crippen molar-refractivity contribution in [2.24, 2.45) is 5.92 Å². The number of hydrogen-bond acceptors (Lipinski definition) is 5. The summed E-state index contributed by atoms with van der Waals surface area (Å²) in [5.41, 5.74) is 1.57. The number of Topliss-reactive ketones (excluding diaryl/α,β-unsaturated/α-hetero) is 1. The Hall–Kier alpha value is -1.86. The van der Waals surface area contributed by atoms with Gasteiger partial charge < -0.3 is 15.0 Å². The van der Waals surface area contributed by atoms with Crippen molar-refractivity contribution in [3.63, 3.8) is 0 Å². The number of imidazole rings is 1. The van der Waals surface area contributed by atoms with Crippen molar-refractivity contribution in [1.29, 1.82) is 0 Å². The van der Waals surface area contributed by atoms with Gasteiger partial charge in [0.25, 0.3) is 0 Å². The van der Waals surface area contributed by atoms with Crippen LogP contribution in [-0.2, 0) is 16.1 Å². The van der Waals surface area contributed by atoms with E-state index in [1.54, 1.807) is 4.57 Å². The van der Waals surface area contributed by atoms with E-state index in [9.17, 15) is 14.7 Å². The first-order valence-corrected chi connectivity index (χ1v) is 11.5. The number of hydrogen-bond donors (Lipinski definition) is 2. The van der Waals surface area contributed by atoms with Gasteiger partial charge in [-0.3, -0.25) is 9.59 Å². The molecule has 158 valence electrons. The maximum absolute atomic E-state index is 13.2.